The predicted molar refractivity (Wildman–Crippen MR) is 117 cm³/mol. The lowest BCUT2D eigenvalue weighted by atomic mass is 10.0. The van der Waals surface area contributed by atoms with Gasteiger partial charge in [0.15, 0.2) is 0 Å². The summed E-state index contributed by atoms with van der Waals surface area (Å²) >= 11 is 0. The number of rotatable bonds is 6. The molecular formula is C25H31F3N2O. The van der Waals surface area contributed by atoms with Gasteiger partial charge in [-0.25, -0.2) is 0 Å². The topological polar surface area (TPSA) is 46.3 Å². The number of nitrogens with zero attached hydrogens (tertiary/aromatic N) is 1. The molecule has 3 nitrogen and oxygen atoms in total. The number of halogens is 3. The van der Waals surface area contributed by atoms with Gasteiger partial charge in [0.25, 0.3) is 0 Å². The SMILES string of the molecule is FC(F)(F)c1ccc(CCCN2CCCC2)cc1.NC(=O)CC1Cc2ccccc2C1. The van der Waals surface area contributed by atoms with E-state index in [1.54, 1.807) is 12.1 Å². The molecule has 0 saturated carbocycles. The van der Waals surface area contributed by atoms with Gasteiger partial charge in [0, 0.05) is 6.42 Å². The first kappa shape index (κ1) is 23.3. The first-order valence-electron chi connectivity index (χ1n) is 11.0. The van der Waals surface area contributed by atoms with Crippen LogP contribution in [-0.4, -0.2) is 30.4 Å². The number of nitrogens with two attached hydrogens (primary N) is 1. The van der Waals surface area contributed by atoms with Crippen molar-refractivity contribution < 1.29 is 18.0 Å². The number of hydrogen-bond acceptors (Lipinski definition) is 2. The van der Waals surface area contributed by atoms with Crippen LogP contribution in [0.3, 0.4) is 0 Å². The molecule has 2 N–H and O–H groups in total. The highest BCUT2D eigenvalue weighted by Gasteiger charge is 2.29. The molecule has 1 amide bonds. The van der Waals surface area contributed by atoms with Crippen LogP contribution in [0.4, 0.5) is 13.2 Å². The number of alkyl halides is 3. The molecule has 0 unspecified atom stereocenters. The average molecular weight is 433 g/mol. The van der Waals surface area contributed by atoms with Gasteiger partial charge in [-0.1, -0.05) is 36.4 Å². The third kappa shape index (κ3) is 7.39. The number of aryl methyl sites for hydroxylation is 1. The Morgan fingerprint density at radius 2 is 1.55 bits per heavy atom. The number of benzene rings is 2. The van der Waals surface area contributed by atoms with E-state index in [1.807, 2.05) is 12.1 Å². The molecule has 4 rings (SSSR count). The lowest BCUT2D eigenvalue weighted by Gasteiger charge is -2.14. The highest BCUT2D eigenvalue weighted by atomic mass is 19.4. The van der Waals surface area contributed by atoms with Crippen LogP contribution >= 0.6 is 0 Å². The Hall–Kier alpha value is -2.34. The summed E-state index contributed by atoms with van der Waals surface area (Å²) in [5, 5.41) is 0. The molecule has 1 aliphatic heterocycles. The second-order valence-electron chi connectivity index (χ2n) is 8.56. The number of carbonyl (C=O) groups is 1. The van der Waals surface area contributed by atoms with E-state index in [-0.39, 0.29) is 5.91 Å². The van der Waals surface area contributed by atoms with E-state index in [0.717, 1.165) is 37.8 Å². The molecule has 6 heteroatoms. The van der Waals surface area contributed by atoms with Gasteiger partial charge in [0.05, 0.1) is 5.56 Å². The van der Waals surface area contributed by atoms with Crippen molar-refractivity contribution in [3.8, 4) is 0 Å². The molecule has 1 fully saturated rings. The zero-order valence-electron chi connectivity index (χ0n) is 17.8. The van der Waals surface area contributed by atoms with Crippen molar-refractivity contribution in [3.63, 3.8) is 0 Å². The fourth-order valence-corrected chi connectivity index (χ4v) is 4.45. The summed E-state index contributed by atoms with van der Waals surface area (Å²) in [7, 11) is 0. The van der Waals surface area contributed by atoms with Gasteiger partial charge in [-0.05, 0) is 92.9 Å². The van der Waals surface area contributed by atoms with Gasteiger partial charge >= 0.3 is 6.18 Å². The fraction of sp³-hybridized carbons (Fsp3) is 0.480. The molecule has 2 aliphatic rings. The Balaban J connectivity index is 0.000000185. The van der Waals surface area contributed by atoms with Crippen molar-refractivity contribution in [2.24, 2.45) is 11.7 Å². The predicted octanol–water partition coefficient (Wildman–Crippen LogP) is 5.01. The average Bonchev–Trinajstić information content (AvgIpc) is 3.37. The molecule has 168 valence electrons. The van der Waals surface area contributed by atoms with Crippen LogP contribution < -0.4 is 5.73 Å². The lowest BCUT2D eigenvalue weighted by molar-refractivity contribution is -0.137. The minimum Gasteiger partial charge on any atom is -0.370 e. The molecule has 2 aromatic rings. The standard InChI is InChI=1S/C14H18F3N.C11H13NO/c15-14(16,17)13-7-5-12(6-8-13)4-3-11-18-9-1-2-10-18;12-11(13)7-8-5-9-3-1-2-4-10(9)6-8/h5-8H,1-4,9-11H2;1-4,8H,5-7H2,(H2,12,13). The maximum Gasteiger partial charge on any atom is 0.416 e. The summed E-state index contributed by atoms with van der Waals surface area (Å²) in [6.07, 6.45) is 2.75. The number of fused-ring (bicyclic) bond motifs is 1. The van der Waals surface area contributed by atoms with Gasteiger partial charge in [-0.2, -0.15) is 13.2 Å². The van der Waals surface area contributed by atoms with Crippen LogP contribution in [0, 0.1) is 5.92 Å². The molecule has 0 atom stereocenters. The van der Waals surface area contributed by atoms with E-state index in [2.05, 4.69) is 17.0 Å². The Kier molecular flexibility index (Phi) is 8.13. The van der Waals surface area contributed by atoms with Crippen LogP contribution in [0.15, 0.2) is 48.5 Å². The Morgan fingerprint density at radius 1 is 0.968 bits per heavy atom. The number of likely N-dealkylation sites (tertiary alicyclic amines) is 1. The van der Waals surface area contributed by atoms with Crippen LogP contribution in [0.5, 0.6) is 0 Å². The van der Waals surface area contributed by atoms with Crippen molar-refractivity contribution >= 4 is 5.91 Å². The monoisotopic (exact) mass is 432 g/mol. The summed E-state index contributed by atoms with van der Waals surface area (Å²) in [6, 6.07) is 13.9. The van der Waals surface area contributed by atoms with Crippen LogP contribution in [0.25, 0.3) is 0 Å². The lowest BCUT2D eigenvalue weighted by Crippen LogP contribution is -2.20. The molecule has 0 radical (unpaired) electrons. The first-order chi connectivity index (χ1) is 14.8. The van der Waals surface area contributed by atoms with Crippen molar-refractivity contribution in [2.75, 3.05) is 19.6 Å². The van der Waals surface area contributed by atoms with Gasteiger partial charge in [-0.3, -0.25) is 4.79 Å². The Bertz CT molecular complexity index is 818. The minimum atomic E-state index is -4.23. The van der Waals surface area contributed by atoms with Crippen molar-refractivity contribution in [2.45, 2.75) is 51.1 Å². The van der Waals surface area contributed by atoms with E-state index >= 15 is 0 Å². The molecule has 31 heavy (non-hydrogen) atoms. The largest absolute Gasteiger partial charge is 0.416 e. The Morgan fingerprint density at radius 3 is 2.06 bits per heavy atom. The van der Waals surface area contributed by atoms with Crippen molar-refractivity contribution in [1.82, 2.24) is 4.90 Å². The van der Waals surface area contributed by atoms with Gasteiger partial charge in [0.2, 0.25) is 5.91 Å². The maximum absolute atomic E-state index is 12.4. The van der Waals surface area contributed by atoms with Crippen LogP contribution in [-0.2, 0) is 30.2 Å². The van der Waals surface area contributed by atoms with E-state index in [9.17, 15) is 18.0 Å². The number of primary amides is 1. The number of carbonyl (C=O) groups excluding carboxylic acids is 1. The molecule has 0 spiro atoms. The van der Waals surface area contributed by atoms with E-state index in [1.165, 1.54) is 49.2 Å². The highest BCUT2D eigenvalue weighted by molar-refractivity contribution is 5.74. The van der Waals surface area contributed by atoms with E-state index < -0.39 is 11.7 Å². The van der Waals surface area contributed by atoms with E-state index in [0.29, 0.717) is 12.3 Å². The summed E-state index contributed by atoms with van der Waals surface area (Å²) < 4.78 is 37.1. The molecule has 0 aromatic heterocycles. The first-order valence-corrected chi connectivity index (χ1v) is 11.0. The molecular weight excluding hydrogens is 401 g/mol. The van der Waals surface area contributed by atoms with Gasteiger partial charge < -0.3 is 10.6 Å². The highest BCUT2D eigenvalue weighted by Crippen LogP contribution is 2.29. The number of hydrogen-bond donors (Lipinski definition) is 1. The number of amides is 1. The zero-order valence-corrected chi connectivity index (χ0v) is 17.8. The summed E-state index contributed by atoms with van der Waals surface area (Å²) in [5.41, 5.74) is 8.36. The quantitative estimate of drug-likeness (QED) is 0.697. The van der Waals surface area contributed by atoms with Gasteiger partial charge in [-0.15, -0.1) is 0 Å². The normalized spacial score (nSPS) is 16.6. The summed E-state index contributed by atoms with van der Waals surface area (Å²) in [4.78, 5) is 13.1. The molecule has 1 heterocycles. The third-order valence-corrected chi connectivity index (χ3v) is 6.05. The second-order valence-corrected chi connectivity index (χ2v) is 8.56. The van der Waals surface area contributed by atoms with E-state index in [4.69, 9.17) is 5.73 Å². The molecule has 1 saturated heterocycles. The molecule has 0 bridgehead atoms. The third-order valence-electron chi connectivity index (χ3n) is 6.05. The summed E-state index contributed by atoms with van der Waals surface area (Å²) in [5.74, 6) is 0.257. The summed E-state index contributed by atoms with van der Waals surface area (Å²) in [6.45, 7) is 3.40. The fourth-order valence-electron chi connectivity index (χ4n) is 4.45. The molecule has 1 aliphatic carbocycles. The van der Waals surface area contributed by atoms with Crippen molar-refractivity contribution in [3.05, 3.63) is 70.8 Å². The van der Waals surface area contributed by atoms with Crippen LogP contribution in [0.1, 0.15) is 47.9 Å². The van der Waals surface area contributed by atoms with Gasteiger partial charge in [0.1, 0.15) is 0 Å². The smallest absolute Gasteiger partial charge is 0.370 e. The molecule has 2 aromatic carbocycles. The second kappa shape index (κ2) is 10.8. The zero-order chi connectivity index (χ0) is 22.3. The minimum absolute atomic E-state index is 0.183. The van der Waals surface area contributed by atoms with Crippen LogP contribution in [0.2, 0.25) is 0 Å². The Labute approximate surface area is 182 Å². The maximum atomic E-state index is 12.4. The van der Waals surface area contributed by atoms with Crippen molar-refractivity contribution in [1.29, 1.82) is 0 Å².